The van der Waals surface area contributed by atoms with Crippen molar-refractivity contribution in [3.8, 4) is 0 Å². The SMILES string of the molecule is CC(=O)O.COCC(NC(=O)CNC(=O)CCc1ccccc1)C(=O)NCc1cccc2ccccc12. The number of rotatable bonds is 11. The molecular formula is C28H33N3O6. The van der Waals surface area contributed by atoms with Crippen molar-refractivity contribution in [3.63, 3.8) is 0 Å². The molecule has 0 saturated heterocycles. The highest BCUT2D eigenvalue weighted by atomic mass is 16.5. The Balaban J connectivity index is 0.00000112. The molecule has 3 aromatic carbocycles. The number of carboxylic acids is 1. The fourth-order valence-corrected chi connectivity index (χ4v) is 3.52. The van der Waals surface area contributed by atoms with Crippen LogP contribution in [0.1, 0.15) is 24.5 Å². The van der Waals surface area contributed by atoms with Crippen LogP contribution >= 0.6 is 0 Å². The van der Waals surface area contributed by atoms with E-state index in [1.807, 2.05) is 72.8 Å². The average Bonchev–Trinajstić information content (AvgIpc) is 2.89. The lowest BCUT2D eigenvalue weighted by Gasteiger charge is -2.18. The Bertz CT molecular complexity index is 1170. The van der Waals surface area contributed by atoms with Crippen molar-refractivity contribution in [2.75, 3.05) is 20.3 Å². The molecule has 1 unspecified atom stereocenters. The summed E-state index contributed by atoms with van der Waals surface area (Å²) < 4.78 is 5.10. The Hall–Kier alpha value is -4.24. The van der Waals surface area contributed by atoms with Crippen LogP contribution in [-0.4, -0.2) is 55.1 Å². The highest BCUT2D eigenvalue weighted by molar-refractivity contribution is 5.91. The molecule has 0 aliphatic heterocycles. The predicted octanol–water partition coefficient (Wildman–Crippen LogP) is 2.43. The summed E-state index contributed by atoms with van der Waals surface area (Å²) in [6.45, 7) is 1.23. The third kappa shape index (κ3) is 10.9. The topological polar surface area (TPSA) is 134 Å². The highest BCUT2D eigenvalue weighted by Gasteiger charge is 2.21. The number of hydrogen-bond donors (Lipinski definition) is 4. The smallest absolute Gasteiger partial charge is 0.300 e. The van der Waals surface area contributed by atoms with E-state index in [1.54, 1.807) is 0 Å². The van der Waals surface area contributed by atoms with Crippen LogP contribution in [0.25, 0.3) is 10.8 Å². The standard InChI is InChI=1S/C26H29N3O4.C2H4O2/c1-33-18-23(26(32)28-16-21-12-7-11-20-10-5-6-13-22(20)21)29-25(31)17-27-24(30)15-14-19-8-3-2-4-9-19;1-2(3)4/h2-13,23H,14-18H2,1H3,(H,27,30)(H,28,32)(H,29,31);1H3,(H,3,4). The Morgan fingerprint density at radius 2 is 1.51 bits per heavy atom. The maximum atomic E-state index is 12.7. The molecule has 196 valence electrons. The molecule has 3 rings (SSSR count). The van der Waals surface area contributed by atoms with Crippen molar-refractivity contribution < 1.29 is 29.0 Å². The van der Waals surface area contributed by atoms with Crippen LogP contribution in [0.4, 0.5) is 0 Å². The van der Waals surface area contributed by atoms with E-state index >= 15 is 0 Å². The molecular weight excluding hydrogens is 474 g/mol. The molecule has 0 aromatic heterocycles. The fraction of sp³-hybridized carbons (Fsp3) is 0.286. The van der Waals surface area contributed by atoms with Gasteiger partial charge in [0.15, 0.2) is 0 Å². The third-order valence-electron chi connectivity index (χ3n) is 5.25. The van der Waals surface area contributed by atoms with E-state index < -0.39 is 17.9 Å². The number of carbonyl (C=O) groups is 4. The predicted molar refractivity (Wildman–Crippen MR) is 141 cm³/mol. The van der Waals surface area contributed by atoms with Gasteiger partial charge in [0.1, 0.15) is 6.04 Å². The van der Waals surface area contributed by atoms with Gasteiger partial charge in [-0.1, -0.05) is 72.8 Å². The Morgan fingerprint density at radius 1 is 0.865 bits per heavy atom. The number of aryl methyl sites for hydroxylation is 1. The number of fused-ring (bicyclic) bond motifs is 1. The van der Waals surface area contributed by atoms with Crippen molar-refractivity contribution >= 4 is 34.5 Å². The lowest BCUT2D eigenvalue weighted by molar-refractivity contribution is -0.134. The van der Waals surface area contributed by atoms with E-state index in [2.05, 4.69) is 16.0 Å². The zero-order valence-electron chi connectivity index (χ0n) is 21.0. The quantitative estimate of drug-likeness (QED) is 0.315. The van der Waals surface area contributed by atoms with Gasteiger partial charge in [-0.3, -0.25) is 19.2 Å². The molecule has 9 nitrogen and oxygen atoms in total. The fourth-order valence-electron chi connectivity index (χ4n) is 3.52. The lowest BCUT2D eigenvalue weighted by Crippen LogP contribution is -2.51. The second-order valence-corrected chi connectivity index (χ2v) is 8.21. The number of nitrogens with one attached hydrogen (secondary N) is 3. The summed E-state index contributed by atoms with van der Waals surface area (Å²) in [5, 5.41) is 17.7. The van der Waals surface area contributed by atoms with E-state index in [0.717, 1.165) is 28.8 Å². The zero-order chi connectivity index (χ0) is 27.0. The molecule has 0 heterocycles. The summed E-state index contributed by atoms with van der Waals surface area (Å²) in [5.41, 5.74) is 2.04. The number of hydrogen-bond acceptors (Lipinski definition) is 5. The Labute approximate surface area is 216 Å². The van der Waals surface area contributed by atoms with Crippen LogP contribution in [0, 0.1) is 0 Å². The van der Waals surface area contributed by atoms with Gasteiger partial charge in [-0.05, 0) is 28.3 Å². The van der Waals surface area contributed by atoms with Gasteiger partial charge in [0.05, 0.1) is 13.2 Å². The summed E-state index contributed by atoms with van der Waals surface area (Å²) in [6, 6.07) is 22.7. The first kappa shape index (κ1) is 29.0. The minimum absolute atomic E-state index is 0.0229. The van der Waals surface area contributed by atoms with Crippen molar-refractivity contribution in [1.29, 1.82) is 0 Å². The van der Waals surface area contributed by atoms with Gasteiger partial charge in [-0.25, -0.2) is 0 Å². The number of ether oxygens (including phenoxy) is 1. The van der Waals surface area contributed by atoms with Gasteiger partial charge in [0.2, 0.25) is 17.7 Å². The van der Waals surface area contributed by atoms with Crippen molar-refractivity contribution in [2.24, 2.45) is 0 Å². The molecule has 0 aliphatic rings. The average molecular weight is 508 g/mol. The van der Waals surface area contributed by atoms with Gasteiger partial charge in [0, 0.05) is 27.0 Å². The molecule has 37 heavy (non-hydrogen) atoms. The van der Waals surface area contributed by atoms with Gasteiger partial charge in [0.25, 0.3) is 5.97 Å². The molecule has 0 aliphatic carbocycles. The molecule has 0 saturated carbocycles. The number of benzene rings is 3. The minimum atomic E-state index is -0.862. The van der Waals surface area contributed by atoms with Gasteiger partial charge < -0.3 is 25.8 Å². The first-order chi connectivity index (χ1) is 17.8. The number of methoxy groups -OCH3 is 1. The van der Waals surface area contributed by atoms with Crippen molar-refractivity contribution in [3.05, 3.63) is 83.9 Å². The highest BCUT2D eigenvalue weighted by Crippen LogP contribution is 2.18. The van der Waals surface area contributed by atoms with Gasteiger partial charge >= 0.3 is 0 Å². The summed E-state index contributed by atoms with van der Waals surface area (Å²) in [7, 11) is 1.46. The van der Waals surface area contributed by atoms with Crippen LogP contribution in [0.5, 0.6) is 0 Å². The molecule has 0 radical (unpaired) electrons. The molecule has 4 N–H and O–H groups in total. The van der Waals surface area contributed by atoms with Gasteiger partial charge in [-0.15, -0.1) is 0 Å². The minimum Gasteiger partial charge on any atom is -0.481 e. The van der Waals surface area contributed by atoms with Crippen molar-refractivity contribution in [2.45, 2.75) is 32.4 Å². The molecule has 0 spiro atoms. The molecule has 3 amide bonds. The normalized spacial score (nSPS) is 11.0. The van der Waals surface area contributed by atoms with E-state index in [-0.39, 0.29) is 31.4 Å². The maximum absolute atomic E-state index is 12.7. The summed E-state index contributed by atoms with van der Waals surface area (Å²) in [6.07, 6.45) is 0.876. The number of carboxylic acid groups (broad SMARTS) is 1. The largest absolute Gasteiger partial charge is 0.481 e. The van der Waals surface area contributed by atoms with Crippen LogP contribution in [-0.2, 0) is 36.9 Å². The number of amides is 3. The van der Waals surface area contributed by atoms with Crippen LogP contribution in [0.2, 0.25) is 0 Å². The number of aliphatic carboxylic acids is 1. The third-order valence-corrected chi connectivity index (χ3v) is 5.25. The van der Waals surface area contributed by atoms with E-state index in [9.17, 15) is 14.4 Å². The second kappa shape index (κ2) is 15.7. The summed E-state index contributed by atoms with van der Waals surface area (Å²) in [5.74, 6) is -1.86. The monoisotopic (exact) mass is 507 g/mol. The van der Waals surface area contributed by atoms with E-state index in [4.69, 9.17) is 14.6 Å². The molecule has 0 fully saturated rings. The van der Waals surface area contributed by atoms with Crippen molar-refractivity contribution in [1.82, 2.24) is 16.0 Å². The van der Waals surface area contributed by atoms with E-state index in [0.29, 0.717) is 13.0 Å². The molecule has 3 aromatic rings. The van der Waals surface area contributed by atoms with Crippen LogP contribution in [0.15, 0.2) is 72.8 Å². The second-order valence-electron chi connectivity index (χ2n) is 8.21. The molecule has 9 heteroatoms. The maximum Gasteiger partial charge on any atom is 0.300 e. The zero-order valence-corrected chi connectivity index (χ0v) is 21.0. The first-order valence-electron chi connectivity index (χ1n) is 11.8. The lowest BCUT2D eigenvalue weighted by atomic mass is 10.0. The van der Waals surface area contributed by atoms with Gasteiger partial charge in [-0.2, -0.15) is 0 Å². The molecule has 0 bridgehead atoms. The van der Waals surface area contributed by atoms with Crippen LogP contribution in [0.3, 0.4) is 0 Å². The summed E-state index contributed by atoms with van der Waals surface area (Å²) >= 11 is 0. The Kier molecular flexibility index (Phi) is 12.3. The molecule has 1 atom stereocenters. The first-order valence-corrected chi connectivity index (χ1v) is 11.8. The van der Waals surface area contributed by atoms with E-state index in [1.165, 1.54) is 7.11 Å². The number of carbonyl (C=O) groups excluding carboxylic acids is 3. The summed E-state index contributed by atoms with van der Waals surface area (Å²) in [4.78, 5) is 46.0. The Morgan fingerprint density at radius 3 is 2.22 bits per heavy atom. The van der Waals surface area contributed by atoms with Crippen LogP contribution < -0.4 is 16.0 Å².